The molecule has 5 nitrogen and oxygen atoms in total. The molecule has 0 saturated heterocycles. The molecule has 0 atom stereocenters. The number of carbonyl (C=O) groups is 1. The molecule has 0 unspecified atom stereocenters. The molecule has 0 fully saturated rings. The first kappa shape index (κ1) is 15.1. The molecule has 0 bridgehead atoms. The second-order valence-electron chi connectivity index (χ2n) is 3.36. The topological polar surface area (TPSA) is 72.5 Å². The highest BCUT2D eigenvalue weighted by Gasteiger charge is 2.12. The fourth-order valence-corrected chi connectivity index (χ4v) is 1.79. The van der Waals surface area contributed by atoms with Crippen molar-refractivity contribution in [3.05, 3.63) is 12.7 Å². The summed E-state index contributed by atoms with van der Waals surface area (Å²) < 4.78 is 28.4. The van der Waals surface area contributed by atoms with Crippen LogP contribution in [0.15, 0.2) is 12.7 Å². The highest BCUT2D eigenvalue weighted by molar-refractivity contribution is 7.85. The van der Waals surface area contributed by atoms with Gasteiger partial charge in [-0.3, -0.25) is 8.98 Å². The van der Waals surface area contributed by atoms with Crippen LogP contribution in [0, 0.1) is 0 Å². The van der Waals surface area contributed by atoms with Crippen molar-refractivity contribution in [3.63, 3.8) is 0 Å². The lowest BCUT2D eigenvalue weighted by Gasteiger charge is -2.05. The van der Waals surface area contributed by atoms with Gasteiger partial charge in [0.25, 0.3) is 5.91 Å². The zero-order valence-corrected chi connectivity index (χ0v) is 10.4. The minimum atomic E-state index is -3.96. The highest BCUT2D eigenvalue weighted by atomic mass is 32.2. The van der Waals surface area contributed by atoms with Crippen molar-refractivity contribution < 1.29 is 17.4 Å². The highest BCUT2D eigenvalue weighted by Crippen LogP contribution is 2.03. The number of rotatable bonds is 9. The van der Waals surface area contributed by atoms with Gasteiger partial charge in [-0.25, -0.2) is 4.72 Å². The van der Waals surface area contributed by atoms with E-state index in [1.807, 2.05) is 0 Å². The van der Waals surface area contributed by atoms with Crippen LogP contribution >= 0.6 is 0 Å². The monoisotopic (exact) mass is 249 g/mol. The van der Waals surface area contributed by atoms with E-state index in [2.05, 4.69) is 17.7 Å². The molecule has 0 aromatic rings. The number of hydrogen-bond donors (Lipinski definition) is 1. The average Bonchev–Trinajstić information content (AvgIpc) is 2.22. The predicted molar refractivity (Wildman–Crippen MR) is 62.0 cm³/mol. The SMILES string of the molecule is C=CC(=O)NS(=O)(=O)OCCCCCCC. The van der Waals surface area contributed by atoms with Crippen molar-refractivity contribution >= 4 is 16.2 Å². The Morgan fingerprint density at radius 3 is 2.50 bits per heavy atom. The van der Waals surface area contributed by atoms with Crippen LogP contribution < -0.4 is 4.72 Å². The number of carbonyl (C=O) groups excluding carboxylic acids is 1. The summed E-state index contributed by atoms with van der Waals surface area (Å²) in [5.41, 5.74) is 0. The number of hydrogen-bond acceptors (Lipinski definition) is 4. The fraction of sp³-hybridized carbons (Fsp3) is 0.700. The Morgan fingerprint density at radius 1 is 1.31 bits per heavy atom. The van der Waals surface area contributed by atoms with E-state index in [1.165, 1.54) is 0 Å². The van der Waals surface area contributed by atoms with Gasteiger partial charge in [-0.2, -0.15) is 8.42 Å². The standard InChI is InChI=1S/C10H19NO4S/c1-3-5-6-7-8-9-15-16(13,14)11-10(12)4-2/h4H,2-3,5-9H2,1H3,(H,11,12). The molecule has 6 heteroatoms. The lowest BCUT2D eigenvalue weighted by Crippen LogP contribution is -2.30. The van der Waals surface area contributed by atoms with E-state index in [1.54, 1.807) is 4.72 Å². The third-order valence-corrected chi connectivity index (χ3v) is 2.83. The summed E-state index contributed by atoms with van der Waals surface area (Å²) in [6, 6.07) is 0. The Labute approximate surface area is 97.1 Å². The minimum absolute atomic E-state index is 0.101. The van der Waals surface area contributed by atoms with Gasteiger partial charge >= 0.3 is 10.3 Å². The van der Waals surface area contributed by atoms with Gasteiger partial charge in [-0.1, -0.05) is 39.2 Å². The first-order valence-corrected chi connectivity index (χ1v) is 6.76. The van der Waals surface area contributed by atoms with Gasteiger partial charge in [-0.15, -0.1) is 0 Å². The van der Waals surface area contributed by atoms with Crippen molar-refractivity contribution in [1.82, 2.24) is 4.72 Å². The maximum absolute atomic E-state index is 11.1. The van der Waals surface area contributed by atoms with E-state index >= 15 is 0 Å². The molecule has 1 amide bonds. The first-order valence-electron chi connectivity index (χ1n) is 5.35. The van der Waals surface area contributed by atoms with E-state index in [9.17, 15) is 13.2 Å². The van der Waals surface area contributed by atoms with Crippen molar-refractivity contribution in [2.45, 2.75) is 39.0 Å². The van der Waals surface area contributed by atoms with Gasteiger partial charge in [-0.05, 0) is 12.5 Å². The van der Waals surface area contributed by atoms with Gasteiger partial charge in [0.1, 0.15) is 0 Å². The molecule has 0 aromatic carbocycles. The third-order valence-electron chi connectivity index (χ3n) is 1.90. The van der Waals surface area contributed by atoms with Gasteiger partial charge in [0.2, 0.25) is 0 Å². The van der Waals surface area contributed by atoms with Crippen molar-refractivity contribution in [2.24, 2.45) is 0 Å². The van der Waals surface area contributed by atoms with E-state index in [4.69, 9.17) is 0 Å². The van der Waals surface area contributed by atoms with Crippen molar-refractivity contribution in [3.8, 4) is 0 Å². The first-order chi connectivity index (χ1) is 7.52. The number of amides is 1. The second kappa shape index (κ2) is 8.29. The van der Waals surface area contributed by atoms with Crippen LogP contribution in [0.4, 0.5) is 0 Å². The van der Waals surface area contributed by atoms with Gasteiger partial charge in [0.05, 0.1) is 6.61 Å². The molecule has 94 valence electrons. The van der Waals surface area contributed by atoms with E-state index in [0.717, 1.165) is 31.8 Å². The molecule has 0 aliphatic carbocycles. The Balaban J connectivity index is 3.66. The molecule has 0 saturated carbocycles. The van der Waals surface area contributed by atoms with E-state index in [0.29, 0.717) is 6.42 Å². The van der Waals surface area contributed by atoms with Crippen LogP contribution in [0.25, 0.3) is 0 Å². The molecule has 0 aromatic heterocycles. The van der Waals surface area contributed by atoms with E-state index < -0.39 is 16.2 Å². The van der Waals surface area contributed by atoms with Gasteiger partial charge in [0, 0.05) is 0 Å². The van der Waals surface area contributed by atoms with Crippen LogP contribution in [0.2, 0.25) is 0 Å². The summed E-state index contributed by atoms with van der Waals surface area (Å²) in [5, 5.41) is 0. The maximum atomic E-state index is 11.1. The summed E-state index contributed by atoms with van der Waals surface area (Å²) >= 11 is 0. The van der Waals surface area contributed by atoms with E-state index in [-0.39, 0.29) is 6.61 Å². The van der Waals surface area contributed by atoms with Crippen LogP contribution in [-0.2, 0) is 19.3 Å². The lowest BCUT2D eigenvalue weighted by atomic mass is 10.2. The van der Waals surface area contributed by atoms with Gasteiger partial charge < -0.3 is 0 Å². The number of unbranched alkanes of at least 4 members (excludes halogenated alkanes) is 4. The molecule has 16 heavy (non-hydrogen) atoms. The predicted octanol–water partition coefficient (Wildman–Crippen LogP) is 1.52. The molecule has 1 N–H and O–H groups in total. The summed E-state index contributed by atoms with van der Waals surface area (Å²) in [7, 11) is -3.96. The summed E-state index contributed by atoms with van der Waals surface area (Å²) in [6.45, 7) is 5.35. The van der Waals surface area contributed by atoms with Crippen molar-refractivity contribution in [1.29, 1.82) is 0 Å². The third kappa shape index (κ3) is 8.43. The largest absolute Gasteiger partial charge is 0.362 e. The quantitative estimate of drug-likeness (QED) is 0.496. The summed E-state index contributed by atoms with van der Waals surface area (Å²) in [6.07, 6.45) is 5.82. The lowest BCUT2D eigenvalue weighted by molar-refractivity contribution is -0.114. The molecule has 0 heterocycles. The Hall–Kier alpha value is -0.880. The fourth-order valence-electron chi connectivity index (χ4n) is 1.07. The molecular formula is C10H19NO4S. The van der Waals surface area contributed by atoms with Crippen LogP contribution in [0.5, 0.6) is 0 Å². The average molecular weight is 249 g/mol. The molecule has 0 aliphatic rings. The normalized spacial score (nSPS) is 11.1. The Bertz CT molecular complexity index is 311. The summed E-state index contributed by atoms with van der Waals surface area (Å²) in [5.74, 6) is -0.786. The molecule has 0 aliphatic heterocycles. The molecular weight excluding hydrogens is 230 g/mol. The zero-order chi connectivity index (χ0) is 12.4. The summed E-state index contributed by atoms with van der Waals surface area (Å²) in [4.78, 5) is 10.7. The molecule has 0 rings (SSSR count). The Kier molecular flexibility index (Phi) is 7.84. The van der Waals surface area contributed by atoms with Gasteiger partial charge in [0.15, 0.2) is 0 Å². The van der Waals surface area contributed by atoms with Crippen LogP contribution in [0.3, 0.4) is 0 Å². The molecule has 0 spiro atoms. The minimum Gasteiger partial charge on any atom is -0.269 e. The Morgan fingerprint density at radius 2 is 1.94 bits per heavy atom. The second-order valence-corrected chi connectivity index (χ2v) is 4.71. The molecule has 0 radical (unpaired) electrons. The smallest absolute Gasteiger partial charge is 0.269 e. The zero-order valence-electron chi connectivity index (χ0n) is 9.57. The van der Waals surface area contributed by atoms with Crippen LogP contribution in [-0.4, -0.2) is 20.9 Å². The van der Waals surface area contributed by atoms with Crippen LogP contribution in [0.1, 0.15) is 39.0 Å². The van der Waals surface area contributed by atoms with Crippen molar-refractivity contribution in [2.75, 3.05) is 6.61 Å². The maximum Gasteiger partial charge on any atom is 0.362 e. The number of nitrogens with one attached hydrogen (secondary N) is 1.